The smallest absolute Gasteiger partial charge is 0.160 e. The molecule has 0 atom stereocenters. The molecule has 0 fully saturated rings. The topological polar surface area (TPSA) is 59.9 Å². The Bertz CT molecular complexity index is 507. The summed E-state index contributed by atoms with van der Waals surface area (Å²) in [5.41, 5.74) is 2.42. The molecule has 4 nitrogen and oxygen atoms in total. The first-order valence-corrected chi connectivity index (χ1v) is 7.78. The monoisotopic (exact) mass is 256 g/mol. The van der Waals surface area contributed by atoms with Crippen molar-refractivity contribution in [1.82, 2.24) is 9.97 Å². The minimum atomic E-state index is -2.98. The number of fused-ring (bicyclic) bond motifs is 1. The molecule has 1 aromatic heterocycles. The van der Waals surface area contributed by atoms with Crippen LogP contribution in [0.3, 0.4) is 0 Å². The summed E-state index contributed by atoms with van der Waals surface area (Å²) >= 11 is 0. The summed E-state index contributed by atoms with van der Waals surface area (Å²) in [6.45, 7) is 9.84. The van der Waals surface area contributed by atoms with Crippen LogP contribution in [0.15, 0.2) is 0 Å². The Morgan fingerprint density at radius 2 is 1.71 bits per heavy atom. The van der Waals surface area contributed by atoms with Gasteiger partial charge in [0.05, 0.1) is 22.9 Å². The van der Waals surface area contributed by atoms with Crippen LogP contribution in [-0.4, -0.2) is 18.4 Å². The SMILES string of the molecule is CC.Cc1nc2c(c(C(C)C)n1)CS(=O)(=O)C2. The van der Waals surface area contributed by atoms with E-state index in [2.05, 4.69) is 9.97 Å². The van der Waals surface area contributed by atoms with Crippen molar-refractivity contribution in [3.63, 3.8) is 0 Å². The Labute approximate surface area is 103 Å². The third-order valence-electron chi connectivity index (χ3n) is 2.50. The number of rotatable bonds is 1. The van der Waals surface area contributed by atoms with E-state index in [4.69, 9.17) is 0 Å². The summed E-state index contributed by atoms with van der Waals surface area (Å²) in [6, 6.07) is 0. The van der Waals surface area contributed by atoms with Gasteiger partial charge >= 0.3 is 0 Å². The molecular weight excluding hydrogens is 236 g/mol. The third kappa shape index (κ3) is 3.03. The van der Waals surface area contributed by atoms with Gasteiger partial charge in [-0.05, 0) is 12.8 Å². The summed E-state index contributed by atoms with van der Waals surface area (Å²) in [5.74, 6) is 1.09. The quantitative estimate of drug-likeness (QED) is 0.774. The summed E-state index contributed by atoms with van der Waals surface area (Å²) < 4.78 is 23.0. The minimum Gasteiger partial charge on any atom is -0.238 e. The molecule has 0 N–H and O–H groups in total. The summed E-state index contributed by atoms with van der Waals surface area (Å²) in [6.07, 6.45) is 0. The summed E-state index contributed by atoms with van der Waals surface area (Å²) in [5, 5.41) is 0. The van der Waals surface area contributed by atoms with Crippen molar-refractivity contribution >= 4 is 9.84 Å². The zero-order valence-electron chi connectivity index (χ0n) is 11.1. The molecule has 96 valence electrons. The molecule has 0 bridgehead atoms. The third-order valence-corrected chi connectivity index (χ3v) is 3.95. The van der Waals surface area contributed by atoms with Gasteiger partial charge in [-0.2, -0.15) is 0 Å². The van der Waals surface area contributed by atoms with Gasteiger partial charge in [-0.3, -0.25) is 0 Å². The van der Waals surface area contributed by atoms with Gasteiger partial charge in [0.15, 0.2) is 9.84 Å². The lowest BCUT2D eigenvalue weighted by Crippen LogP contribution is -2.04. The Morgan fingerprint density at radius 1 is 1.12 bits per heavy atom. The fourth-order valence-electron chi connectivity index (χ4n) is 1.91. The maximum Gasteiger partial charge on any atom is 0.160 e. The average Bonchev–Trinajstić information content (AvgIpc) is 2.53. The minimum absolute atomic E-state index is 0.0748. The maximum absolute atomic E-state index is 11.5. The number of hydrogen-bond donors (Lipinski definition) is 0. The first kappa shape index (κ1) is 14.1. The fraction of sp³-hybridized carbons (Fsp3) is 0.667. The van der Waals surface area contributed by atoms with E-state index >= 15 is 0 Å². The highest BCUT2D eigenvalue weighted by atomic mass is 32.2. The molecule has 2 rings (SSSR count). The Kier molecular flexibility index (Phi) is 4.25. The lowest BCUT2D eigenvalue weighted by Gasteiger charge is -2.09. The van der Waals surface area contributed by atoms with Crippen LogP contribution in [0.4, 0.5) is 0 Å². The van der Waals surface area contributed by atoms with Crippen LogP contribution in [-0.2, 0) is 21.3 Å². The number of sulfone groups is 1. The van der Waals surface area contributed by atoms with Gasteiger partial charge < -0.3 is 0 Å². The van der Waals surface area contributed by atoms with Gasteiger partial charge in [-0.25, -0.2) is 18.4 Å². The van der Waals surface area contributed by atoms with Crippen LogP contribution in [0.25, 0.3) is 0 Å². The maximum atomic E-state index is 11.5. The van der Waals surface area contributed by atoms with Gasteiger partial charge in [0, 0.05) is 5.56 Å². The molecule has 0 aliphatic carbocycles. The lowest BCUT2D eigenvalue weighted by atomic mass is 10.0. The average molecular weight is 256 g/mol. The van der Waals surface area contributed by atoms with Crippen molar-refractivity contribution in [2.75, 3.05) is 0 Å². The second-order valence-corrected chi connectivity index (χ2v) is 6.33. The van der Waals surface area contributed by atoms with Crippen LogP contribution < -0.4 is 0 Å². The van der Waals surface area contributed by atoms with Crippen LogP contribution >= 0.6 is 0 Å². The largest absolute Gasteiger partial charge is 0.238 e. The van der Waals surface area contributed by atoms with Gasteiger partial charge in [0.1, 0.15) is 5.82 Å². The molecule has 1 aliphatic rings. The molecule has 0 aromatic carbocycles. The Morgan fingerprint density at radius 3 is 2.24 bits per heavy atom. The first-order valence-electron chi connectivity index (χ1n) is 5.96. The van der Waals surface area contributed by atoms with Gasteiger partial charge in [0.25, 0.3) is 0 Å². The van der Waals surface area contributed by atoms with Gasteiger partial charge in [-0.15, -0.1) is 0 Å². The van der Waals surface area contributed by atoms with Crippen molar-refractivity contribution in [2.45, 2.75) is 52.0 Å². The molecule has 1 aliphatic heterocycles. The van der Waals surface area contributed by atoms with Crippen molar-refractivity contribution in [3.8, 4) is 0 Å². The second-order valence-electron chi connectivity index (χ2n) is 4.27. The molecular formula is C12H20N2O2S. The zero-order valence-corrected chi connectivity index (χ0v) is 11.9. The number of hydrogen-bond acceptors (Lipinski definition) is 4. The molecule has 0 saturated heterocycles. The Balaban J connectivity index is 0.000000686. The van der Waals surface area contributed by atoms with Crippen LogP contribution in [0.1, 0.15) is 56.4 Å². The molecule has 0 unspecified atom stereocenters. The summed E-state index contributed by atoms with van der Waals surface area (Å²) in [7, 11) is -2.98. The molecule has 2 heterocycles. The standard InChI is InChI=1S/C10H14N2O2S.C2H6/c1-6(2)10-8-4-15(13,14)5-9(8)11-7(3)12-10;1-2/h6H,4-5H2,1-3H3;1-2H3. The predicted octanol–water partition coefficient (Wildman–Crippen LogP) is 2.36. The van der Waals surface area contributed by atoms with E-state index in [1.165, 1.54) is 0 Å². The van der Waals surface area contributed by atoms with E-state index in [9.17, 15) is 8.42 Å². The van der Waals surface area contributed by atoms with Crippen LogP contribution in [0, 0.1) is 6.92 Å². The van der Waals surface area contributed by atoms with E-state index in [1.807, 2.05) is 27.7 Å². The number of aryl methyl sites for hydroxylation is 1. The first-order chi connectivity index (χ1) is 7.89. The number of aromatic nitrogens is 2. The predicted molar refractivity (Wildman–Crippen MR) is 68.5 cm³/mol. The highest BCUT2D eigenvalue weighted by molar-refractivity contribution is 7.90. The molecule has 1 aromatic rings. The molecule has 5 heteroatoms. The molecule has 0 amide bonds. The second kappa shape index (κ2) is 5.12. The molecule has 0 radical (unpaired) electrons. The summed E-state index contributed by atoms with van der Waals surface area (Å²) in [4.78, 5) is 8.54. The molecule has 17 heavy (non-hydrogen) atoms. The normalized spacial score (nSPS) is 16.4. The lowest BCUT2D eigenvalue weighted by molar-refractivity contribution is 0.597. The van der Waals surface area contributed by atoms with Crippen LogP contribution in [0.2, 0.25) is 0 Å². The van der Waals surface area contributed by atoms with Crippen molar-refractivity contribution in [3.05, 3.63) is 22.8 Å². The van der Waals surface area contributed by atoms with Crippen molar-refractivity contribution in [2.24, 2.45) is 0 Å². The van der Waals surface area contributed by atoms with E-state index in [1.54, 1.807) is 6.92 Å². The highest BCUT2D eigenvalue weighted by Gasteiger charge is 2.30. The van der Waals surface area contributed by atoms with Crippen LogP contribution in [0.5, 0.6) is 0 Å². The zero-order chi connectivity index (χ0) is 13.2. The highest BCUT2D eigenvalue weighted by Crippen LogP contribution is 2.29. The molecule has 0 spiro atoms. The van der Waals surface area contributed by atoms with Crippen molar-refractivity contribution < 1.29 is 8.42 Å². The number of nitrogens with zero attached hydrogens (tertiary/aromatic N) is 2. The fourth-order valence-corrected chi connectivity index (χ4v) is 3.42. The Hall–Kier alpha value is -0.970. The van der Waals surface area contributed by atoms with E-state index in [-0.39, 0.29) is 17.4 Å². The van der Waals surface area contributed by atoms with Crippen molar-refractivity contribution in [1.29, 1.82) is 0 Å². The van der Waals surface area contributed by atoms with E-state index < -0.39 is 9.84 Å². The van der Waals surface area contributed by atoms with Gasteiger partial charge in [-0.1, -0.05) is 27.7 Å². The van der Waals surface area contributed by atoms with Gasteiger partial charge in [0.2, 0.25) is 0 Å². The van der Waals surface area contributed by atoms with E-state index in [0.717, 1.165) is 11.3 Å². The van der Waals surface area contributed by atoms with E-state index in [0.29, 0.717) is 11.5 Å². The molecule has 0 saturated carbocycles.